The van der Waals surface area contributed by atoms with Gasteiger partial charge < -0.3 is 14.7 Å². The van der Waals surface area contributed by atoms with Crippen LogP contribution in [0.2, 0.25) is 0 Å². The van der Waals surface area contributed by atoms with Crippen LogP contribution in [0.1, 0.15) is 24.0 Å². The third-order valence-electron chi connectivity index (χ3n) is 5.44. The Bertz CT molecular complexity index is 912. The largest absolute Gasteiger partial charge is 0.573 e. The summed E-state index contributed by atoms with van der Waals surface area (Å²) in [6.07, 6.45) is -4.29. The van der Waals surface area contributed by atoms with Crippen LogP contribution < -0.4 is 4.74 Å². The van der Waals surface area contributed by atoms with E-state index in [9.17, 15) is 27.5 Å². The lowest BCUT2D eigenvalue weighted by molar-refractivity contribution is -0.274. The van der Waals surface area contributed by atoms with Crippen LogP contribution >= 0.6 is 0 Å². The molecule has 0 radical (unpaired) electrons. The molecule has 0 bridgehead atoms. The summed E-state index contributed by atoms with van der Waals surface area (Å²) in [6, 6.07) is 11.6. The number of ether oxygens (including phenoxy) is 1. The second-order valence-electron chi connectivity index (χ2n) is 7.72. The molecule has 168 valence electrons. The monoisotopic (exact) mass is 440 g/mol. The van der Waals surface area contributed by atoms with E-state index in [1.54, 1.807) is 31.3 Å². The van der Waals surface area contributed by atoms with Crippen molar-refractivity contribution >= 4 is 5.91 Å². The molecule has 3 rings (SSSR count). The Morgan fingerprint density at radius 2 is 1.84 bits per heavy atom. The average Bonchev–Trinajstić information content (AvgIpc) is 2.70. The molecule has 2 aromatic carbocycles. The molecule has 0 aliphatic carbocycles. The molecule has 1 aliphatic heterocycles. The quantitative estimate of drug-likeness (QED) is 0.697. The standard InChI is InChI=1S/C22H24F4N2O3/c1-27(14-16-5-2-3-8-19(16)23)20(29)15-28-11-9-21(30,10-12-28)17-6-4-7-18(13-17)31-22(24,25)26/h2-8,13,30H,9-12,14-15H2,1H3. The number of halogens is 4. The highest BCUT2D eigenvalue weighted by Gasteiger charge is 2.36. The molecule has 1 fully saturated rings. The summed E-state index contributed by atoms with van der Waals surface area (Å²) in [7, 11) is 1.60. The number of benzene rings is 2. The fourth-order valence-electron chi connectivity index (χ4n) is 3.63. The van der Waals surface area contributed by atoms with Crippen LogP contribution in [-0.2, 0) is 16.9 Å². The van der Waals surface area contributed by atoms with Gasteiger partial charge in [0.15, 0.2) is 0 Å². The van der Waals surface area contributed by atoms with Crippen molar-refractivity contribution in [2.45, 2.75) is 31.3 Å². The molecule has 1 N–H and O–H groups in total. The Kier molecular flexibility index (Phi) is 6.86. The van der Waals surface area contributed by atoms with E-state index >= 15 is 0 Å². The Morgan fingerprint density at radius 1 is 1.16 bits per heavy atom. The summed E-state index contributed by atoms with van der Waals surface area (Å²) in [5.74, 6) is -0.943. The van der Waals surface area contributed by atoms with Gasteiger partial charge >= 0.3 is 6.36 Å². The fraction of sp³-hybridized carbons (Fsp3) is 0.409. The van der Waals surface area contributed by atoms with Gasteiger partial charge in [0.1, 0.15) is 11.6 Å². The minimum atomic E-state index is -4.81. The van der Waals surface area contributed by atoms with Crippen molar-refractivity contribution in [3.05, 3.63) is 65.5 Å². The number of hydrogen-bond donors (Lipinski definition) is 1. The van der Waals surface area contributed by atoms with Crippen molar-refractivity contribution in [1.82, 2.24) is 9.80 Å². The highest BCUT2D eigenvalue weighted by Crippen LogP contribution is 2.35. The van der Waals surface area contributed by atoms with Crippen LogP contribution in [-0.4, -0.2) is 53.9 Å². The maximum absolute atomic E-state index is 13.8. The maximum Gasteiger partial charge on any atom is 0.573 e. The van der Waals surface area contributed by atoms with E-state index in [4.69, 9.17) is 0 Å². The van der Waals surface area contributed by atoms with E-state index in [0.29, 0.717) is 24.2 Å². The van der Waals surface area contributed by atoms with E-state index in [2.05, 4.69) is 4.74 Å². The maximum atomic E-state index is 13.8. The Labute approximate surface area is 177 Å². The van der Waals surface area contributed by atoms with Gasteiger partial charge in [-0.15, -0.1) is 13.2 Å². The van der Waals surface area contributed by atoms with Gasteiger partial charge in [0.2, 0.25) is 5.91 Å². The number of carbonyl (C=O) groups is 1. The molecule has 0 aromatic heterocycles. The molecular weight excluding hydrogens is 416 g/mol. The highest BCUT2D eigenvalue weighted by atomic mass is 19.4. The van der Waals surface area contributed by atoms with Crippen molar-refractivity contribution in [1.29, 1.82) is 0 Å². The van der Waals surface area contributed by atoms with Crippen molar-refractivity contribution in [2.75, 3.05) is 26.7 Å². The Balaban J connectivity index is 1.56. The molecule has 1 aliphatic rings. The average molecular weight is 440 g/mol. The molecule has 31 heavy (non-hydrogen) atoms. The summed E-state index contributed by atoms with van der Waals surface area (Å²) in [5.41, 5.74) is -0.534. The first-order valence-corrected chi connectivity index (χ1v) is 9.84. The number of nitrogens with zero attached hydrogens (tertiary/aromatic N) is 2. The Morgan fingerprint density at radius 3 is 2.48 bits per heavy atom. The van der Waals surface area contributed by atoms with Gasteiger partial charge in [0.25, 0.3) is 0 Å². The second kappa shape index (κ2) is 9.23. The number of amides is 1. The fourth-order valence-corrected chi connectivity index (χ4v) is 3.63. The van der Waals surface area contributed by atoms with E-state index in [1.807, 2.05) is 4.90 Å². The zero-order valence-corrected chi connectivity index (χ0v) is 17.0. The normalized spacial score (nSPS) is 16.7. The third-order valence-corrected chi connectivity index (χ3v) is 5.44. The van der Waals surface area contributed by atoms with Gasteiger partial charge in [0.05, 0.1) is 12.1 Å². The number of likely N-dealkylation sites (N-methyl/N-ethyl adjacent to an activating group) is 1. The van der Waals surface area contributed by atoms with Crippen molar-refractivity contribution in [3.63, 3.8) is 0 Å². The van der Waals surface area contributed by atoms with Crippen LogP contribution in [0.25, 0.3) is 0 Å². The molecule has 9 heteroatoms. The van der Waals surface area contributed by atoms with Gasteiger partial charge in [-0.05, 0) is 36.6 Å². The first-order chi connectivity index (χ1) is 14.6. The summed E-state index contributed by atoms with van der Waals surface area (Å²) in [4.78, 5) is 15.8. The van der Waals surface area contributed by atoms with Crippen LogP contribution in [0.3, 0.4) is 0 Å². The van der Waals surface area contributed by atoms with Crippen LogP contribution in [0.15, 0.2) is 48.5 Å². The van der Waals surface area contributed by atoms with Crippen molar-refractivity contribution in [2.24, 2.45) is 0 Å². The lowest BCUT2D eigenvalue weighted by atomic mass is 9.84. The van der Waals surface area contributed by atoms with Gasteiger partial charge in [-0.1, -0.05) is 30.3 Å². The molecule has 0 saturated carbocycles. The van der Waals surface area contributed by atoms with Crippen LogP contribution in [0.4, 0.5) is 17.6 Å². The number of carbonyl (C=O) groups excluding carboxylic acids is 1. The topological polar surface area (TPSA) is 53.0 Å². The van der Waals surface area contributed by atoms with E-state index in [-0.39, 0.29) is 43.4 Å². The second-order valence-corrected chi connectivity index (χ2v) is 7.72. The predicted octanol–water partition coefficient (Wildman–Crippen LogP) is 3.67. The number of hydrogen-bond acceptors (Lipinski definition) is 4. The first kappa shape index (κ1) is 23.0. The lowest BCUT2D eigenvalue weighted by Gasteiger charge is -2.38. The predicted molar refractivity (Wildman–Crippen MR) is 106 cm³/mol. The van der Waals surface area contributed by atoms with Crippen LogP contribution in [0, 0.1) is 5.82 Å². The lowest BCUT2D eigenvalue weighted by Crippen LogP contribution is -2.46. The highest BCUT2D eigenvalue weighted by molar-refractivity contribution is 5.78. The Hall–Kier alpha value is -2.65. The molecule has 2 aromatic rings. The smallest absolute Gasteiger partial charge is 0.406 e. The molecule has 0 spiro atoms. The van der Waals surface area contributed by atoms with Crippen molar-refractivity contribution in [3.8, 4) is 5.75 Å². The van der Waals surface area contributed by atoms with E-state index in [1.165, 1.54) is 29.2 Å². The van der Waals surface area contributed by atoms with Gasteiger partial charge in [-0.25, -0.2) is 4.39 Å². The minimum absolute atomic E-state index is 0.109. The van der Waals surface area contributed by atoms with Crippen LogP contribution in [0.5, 0.6) is 5.75 Å². The zero-order chi connectivity index (χ0) is 22.6. The molecular formula is C22H24F4N2O3. The SMILES string of the molecule is CN(Cc1ccccc1F)C(=O)CN1CCC(O)(c2cccc(OC(F)(F)F)c2)CC1. The molecule has 0 atom stereocenters. The van der Waals surface area contributed by atoms with E-state index in [0.717, 1.165) is 0 Å². The minimum Gasteiger partial charge on any atom is -0.406 e. The summed E-state index contributed by atoms with van der Waals surface area (Å²) >= 11 is 0. The number of aliphatic hydroxyl groups is 1. The molecule has 5 nitrogen and oxygen atoms in total. The molecule has 1 saturated heterocycles. The number of alkyl halides is 3. The third kappa shape index (κ3) is 6.18. The van der Waals surface area contributed by atoms with E-state index < -0.39 is 12.0 Å². The van der Waals surface area contributed by atoms with Gasteiger partial charge in [-0.2, -0.15) is 0 Å². The molecule has 1 heterocycles. The number of piperidine rings is 1. The van der Waals surface area contributed by atoms with Gasteiger partial charge in [-0.3, -0.25) is 9.69 Å². The zero-order valence-electron chi connectivity index (χ0n) is 17.0. The van der Waals surface area contributed by atoms with Crippen molar-refractivity contribution < 1.29 is 32.2 Å². The van der Waals surface area contributed by atoms with Gasteiger partial charge in [0, 0.05) is 32.2 Å². The molecule has 1 amide bonds. The summed E-state index contributed by atoms with van der Waals surface area (Å²) < 4.78 is 55.1. The first-order valence-electron chi connectivity index (χ1n) is 9.84. The summed E-state index contributed by atoms with van der Waals surface area (Å²) in [5, 5.41) is 11.0. The number of rotatable bonds is 6. The summed E-state index contributed by atoms with van der Waals surface area (Å²) in [6.45, 7) is 1.04. The molecule has 0 unspecified atom stereocenters. The number of likely N-dealkylation sites (tertiary alicyclic amines) is 1.